The number of carbonyl (C=O) groups excluding carboxylic acids is 2. The summed E-state index contributed by atoms with van der Waals surface area (Å²) in [6, 6.07) is 8.10. The monoisotopic (exact) mass is 389 g/mol. The Labute approximate surface area is 167 Å². The maximum absolute atomic E-state index is 12.9. The number of hydrogen-bond donors (Lipinski definition) is 0. The fourth-order valence-corrected chi connectivity index (χ4v) is 3.99. The highest BCUT2D eigenvalue weighted by Crippen LogP contribution is 2.25. The number of piperazine rings is 1. The summed E-state index contributed by atoms with van der Waals surface area (Å²) in [6.45, 7) is 7.16. The summed E-state index contributed by atoms with van der Waals surface area (Å²) in [5.41, 5.74) is 1.19. The van der Waals surface area contributed by atoms with E-state index in [0.717, 1.165) is 38.2 Å². The van der Waals surface area contributed by atoms with Crippen molar-refractivity contribution >= 4 is 12.0 Å². The van der Waals surface area contributed by atoms with Gasteiger partial charge in [0.15, 0.2) is 0 Å². The van der Waals surface area contributed by atoms with Gasteiger partial charge in [0, 0.05) is 44.2 Å². The van der Waals surface area contributed by atoms with Crippen LogP contribution in [0.5, 0.6) is 5.75 Å². The number of ether oxygens (including phenoxy) is 2. The standard InChI is InChI=1S/C21H31N3O4/c1-3-28-21(26)24-14-12-23(13-15-24)20(25)17-8-10-22(11-9-17)16-18-6-4-5-7-19(18)27-2/h4-7,17H,3,8-16H2,1-2H3. The third-order valence-electron chi connectivity index (χ3n) is 5.64. The zero-order chi connectivity index (χ0) is 19.9. The Kier molecular flexibility index (Phi) is 7.14. The predicted octanol–water partition coefficient (Wildman–Crippen LogP) is 2.21. The highest BCUT2D eigenvalue weighted by atomic mass is 16.6. The first-order chi connectivity index (χ1) is 13.6. The van der Waals surface area contributed by atoms with Crippen LogP contribution < -0.4 is 4.74 Å². The number of carbonyl (C=O) groups is 2. The van der Waals surface area contributed by atoms with Gasteiger partial charge in [0.25, 0.3) is 0 Å². The van der Waals surface area contributed by atoms with Crippen LogP contribution >= 0.6 is 0 Å². The molecule has 2 aliphatic heterocycles. The molecule has 0 spiro atoms. The third kappa shape index (κ3) is 4.95. The lowest BCUT2D eigenvalue weighted by molar-refractivity contribution is -0.138. The zero-order valence-corrected chi connectivity index (χ0v) is 16.9. The Hall–Kier alpha value is -2.28. The summed E-state index contributed by atoms with van der Waals surface area (Å²) in [5.74, 6) is 1.24. The van der Waals surface area contributed by atoms with Crippen LogP contribution in [0.4, 0.5) is 4.79 Å². The topological polar surface area (TPSA) is 62.3 Å². The van der Waals surface area contributed by atoms with Gasteiger partial charge in [0.2, 0.25) is 5.91 Å². The van der Waals surface area contributed by atoms with Gasteiger partial charge in [-0.25, -0.2) is 4.79 Å². The molecule has 7 heteroatoms. The quantitative estimate of drug-likeness (QED) is 0.773. The van der Waals surface area contributed by atoms with Crippen molar-refractivity contribution in [1.29, 1.82) is 0 Å². The number of rotatable bonds is 5. The molecule has 154 valence electrons. The molecule has 0 N–H and O–H groups in total. The Bertz CT molecular complexity index is 665. The second-order valence-corrected chi connectivity index (χ2v) is 7.37. The molecule has 2 heterocycles. The number of piperidine rings is 1. The van der Waals surface area contributed by atoms with Crippen LogP contribution in [-0.4, -0.2) is 79.7 Å². The molecular formula is C21H31N3O4. The Morgan fingerprint density at radius 1 is 1.00 bits per heavy atom. The smallest absolute Gasteiger partial charge is 0.409 e. The molecule has 2 aliphatic rings. The number of amides is 2. The van der Waals surface area contributed by atoms with Crippen LogP contribution in [0.25, 0.3) is 0 Å². The third-order valence-corrected chi connectivity index (χ3v) is 5.64. The summed E-state index contributed by atoms with van der Waals surface area (Å²) in [4.78, 5) is 30.7. The lowest BCUT2D eigenvalue weighted by Gasteiger charge is -2.38. The van der Waals surface area contributed by atoms with E-state index in [0.29, 0.717) is 32.8 Å². The molecule has 3 rings (SSSR count). The van der Waals surface area contributed by atoms with Crippen LogP contribution in [0.2, 0.25) is 0 Å². The van der Waals surface area contributed by atoms with E-state index in [-0.39, 0.29) is 17.9 Å². The van der Waals surface area contributed by atoms with Crippen molar-refractivity contribution in [3.8, 4) is 5.75 Å². The molecule has 2 fully saturated rings. The molecule has 1 aromatic carbocycles. The molecule has 0 saturated carbocycles. The fraction of sp³-hybridized carbons (Fsp3) is 0.619. The lowest BCUT2D eigenvalue weighted by Crippen LogP contribution is -2.53. The summed E-state index contributed by atoms with van der Waals surface area (Å²) >= 11 is 0. The Morgan fingerprint density at radius 2 is 1.64 bits per heavy atom. The SMILES string of the molecule is CCOC(=O)N1CCN(C(=O)C2CCN(Cc3ccccc3OC)CC2)CC1. The largest absolute Gasteiger partial charge is 0.496 e. The Morgan fingerprint density at radius 3 is 2.29 bits per heavy atom. The van der Waals surface area contributed by atoms with Gasteiger partial charge >= 0.3 is 6.09 Å². The van der Waals surface area contributed by atoms with Crippen molar-refractivity contribution in [3.63, 3.8) is 0 Å². The van der Waals surface area contributed by atoms with Gasteiger partial charge < -0.3 is 19.3 Å². The molecule has 0 aliphatic carbocycles. The van der Waals surface area contributed by atoms with E-state index in [4.69, 9.17) is 9.47 Å². The molecule has 0 aromatic heterocycles. The predicted molar refractivity (Wildman–Crippen MR) is 106 cm³/mol. The molecule has 2 amide bonds. The van der Waals surface area contributed by atoms with E-state index in [1.54, 1.807) is 18.9 Å². The highest BCUT2D eigenvalue weighted by Gasteiger charge is 2.31. The number of likely N-dealkylation sites (tertiary alicyclic amines) is 1. The van der Waals surface area contributed by atoms with Crippen molar-refractivity contribution in [2.24, 2.45) is 5.92 Å². The first-order valence-electron chi connectivity index (χ1n) is 10.2. The first-order valence-corrected chi connectivity index (χ1v) is 10.2. The molecule has 0 bridgehead atoms. The van der Waals surface area contributed by atoms with Crippen molar-refractivity contribution in [2.45, 2.75) is 26.3 Å². The minimum absolute atomic E-state index is 0.0862. The van der Waals surface area contributed by atoms with Crippen LogP contribution in [0.3, 0.4) is 0 Å². The average molecular weight is 389 g/mol. The van der Waals surface area contributed by atoms with Crippen molar-refractivity contribution in [1.82, 2.24) is 14.7 Å². The number of hydrogen-bond acceptors (Lipinski definition) is 5. The van der Waals surface area contributed by atoms with E-state index in [2.05, 4.69) is 11.0 Å². The van der Waals surface area contributed by atoms with Gasteiger partial charge in [-0.05, 0) is 38.9 Å². The van der Waals surface area contributed by atoms with Crippen LogP contribution in [0.15, 0.2) is 24.3 Å². The van der Waals surface area contributed by atoms with Gasteiger partial charge in [-0.15, -0.1) is 0 Å². The Balaban J connectivity index is 1.45. The summed E-state index contributed by atoms with van der Waals surface area (Å²) in [6.07, 6.45) is 1.48. The van der Waals surface area contributed by atoms with Crippen molar-refractivity contribution in [3.05, 3.63) is 29.8 Å². The molecule has 28 heavy (non-hydrogen) atoms. The summed E-state index contributed by atoms with van der Waals surface area (Å²) < 4.78 is 10.5. The lowest BCUT2D eigenvalue weighted by atomic mass is 9.94. The number of benzene rings is 1. The minimum Gasteiger partial charge on any atom is -0.496 e. The summed E-state index contributed by atoms with van der Waals surface area (Å²) in [7, 11) is 1.70. The molecule has 0 radical (unpaired) electrons. The van der Waals surface area contributed by atoms with Gasteiger partial charge in [-0.3, -0.25) is 9.69 Å². The number of para-hydroxylation sites is 1. The van der Waals surface area contributed by atoms with Crippen LogP contribution in [0.1, 0.15) is 25.3 Å². The van der Waals surface area contributed by atoms with Crippen molar-refractivity contribution < 1.29 is 19.1 Å². The normalized spacial score (nSPS) is 18.8. The van der Waals surface area contributed by atoms with E-state index in [1.807, 2.05) is 23.1 Å². The van der Waals surface area contributed by atoms with Crippen molar-refractivity contribution in [2.75, 3.05) is 53.0 Å². The fourth-order valence-electron chi connectivity index (χ4n) is 3.99. The molecule has 0 atom stereocenters. The highest BCUT2D eigenvalue weighted by molar-refractivity contribution is 5.79. The maximum Gasteiger partial charge on any atom is 0.409 e. The second kappa shape index (κ2) is 9.78. The first kappa shape index (κ1) is 20.5. The molecule has 0 unspecified atom stereocenters. The molecule has 1 aromatic rings. The van der Waals surface area contributed by atoms with Crippen LogP contribution in [-0.2, 0) is 16.1 Å². The zero-order valence-electron chi connectivity index (χ0n) is 16.9. The number of nitrogens with zero attached hydrogens (tertiary/aromatic N) is 3. The van der Waals surface area contributed by atoms with E-state index < -0.39 is 0 Å². The molecular weight excluding hydrogens is 358 g/mol. The van der Waals surface area contributed by atoms with E-state index >= 15 is 0 Å². The second-order valence-electron chi connectivity index (χ2n) is 7.37. The van der Waals surface area contributed by atoms with Gasteiger partial charge in [-0.1, -0.05) is 18.2 Å². The molecule has 7 nitrogen and oxygen atoms in total. The number of methoxy groups -OCH3 is 1. The average Bonchev–Trinajstić information content (AvgIpc) is 2.74. The van der Waals surface area contributed by atoms with Gasteiger partial charge in [0.1, 0.15) is 5.75 Å². The van der Waals surface area contributed by atoms with Gasteiger partial charge in [-0.2, -0.15) is 0 Å². The molecule has 2 saturated heterocycles. The van der Waals surface area contributed by atoms with Gasteiger partial charge in [0.05, 0.1) is 13.7 Å². The summed E-state index contributed by atoms with van der Waals surface area (Å²) in [5, 5.41) is 0. The maximum atomic E-state index is 12.9. The van der Waals surface area contributed by atoms with E-state index in [9.17, 15) is 9.59 Å². The van der Waals surface area contributed by atoms with E-state index in [1.165, 1.54) is 5.56 Å². The van der Waals surface area contributed by atoms with Crippen LogP contribution in [0, 0.1) is 5.92 Å². The minimum atomic E-state index is -0.278.